The molecule has 0 saturated carbocycles. The number of halogens is 1. The Morgan fingerprint density at radius 3 is 2.59 bits per heavy atom. The maximum absolute atomic E-state index is 13.4. The monoisotopic (exact) mass is 559 g/mol. The van der Waals surface area contributed by atoms with Crippen LogP contribution in [0.2, 0.25) is 0 Å². The van der Waals surface area contributed by atoms with Crippen LogP contribution in [0.3, 0.4) is 0 Å². The number of nitrogen functional groups attached to an aromatic ring is 1. The Bertz CT molecular complexity index is 1520. The Kier molecular flexibility index (Phi) is 9.20. The fourth-order valence-corrected chi connectivity index (χ4v) is 4.69. The molecule has 0 aliphatic rings. The predicted molar refractivity (Wildman–Crippen MR) is 140 cm³/mol. The minimum absolute atomic E-state index is 0.000917. The molecule has 0 spiro atoms. The number of carbonyl (C=O) groups is 1. The Balaban J connectivity index is 1.33. The van der Waals surface area contributed by atoms with Crippen molar-refractivity contribution in [1.29, 1.82) is 0 Å². The number of rotatable bonds is 13. The van der Waals surface area contributed by atoms with Gasteiger partial charge in [0.25, 0.3) is 5.56 Å². The number of nitrogens with one attached hydrogen (secondary N) is 1. The van der Waals surface area contributed by atoms with Crippen molar-refractivity contribution in [3.05, 3.63) is 82.2 Å². The van der Waals surface area contributed by atoms with Crippen LogP contribution in [-0.4, -0.2) is 45.1 Å². The first kappa shape index (κ1) is 28.1. The van der Waals surface area contributed by atoms with Crippen molar-refractivity contribution in [2.24, 2.45) is 0 Å². The van der Waals surface area contributed by atoms with Crippen molar-refractivity contribution < 1.29 is 32.3 Å². The van der Waals surface area contributed by atoms with Gasteiger partial charge in [0.05, 0.1) is 32.6 Å². The van der Waals surface area contributed by atoms with Gasteiger partial charge in [-0.1, -0.05) is 29.8 Å². The maximum atomic E-state index is 13.4. The highest BCUT2D eigenvalue weighted by Gasteiger charge is 2.26. The van der Waals surface area contributed by atoms with E-state index in [0.717, 1.165) is 11.1 Å². The van der Waals surface area contributed by atoms with E-state index in [1.54, 1.807) is 4.57 Å². The molecular weight excluding hydrogens is 532 g/mol. The molecule has 0 radical (unpaired) electrons. The number of fused-ring (bicyclic) bond motifs is 1. The summed E-state index contributed by atoms with van der Waals surface area (Å²) in [6.45, 7) is 1.98. The third-order valence-corrected chi connectivity index (χ3v) is 7.00. The molecule has 2 heterocycles. The summed E-state index contributed by atoms with van der Waals surface area (Å²) >= 11 is 0. The second-order valence-electron chi connectivity index (χ2n) is 8.48. The molecule has 4 rings (SSSR count). The van der Waals surface area contributed by atoms with Crippen molar-refractivity contribution in [3.8, 4) is 5.75 Å². The van der Waals surface area contributed by atoms with Crippen molar-refractivity contribution in [1.82, 2.24) is 19.5 Å². The molecule has 3 N–H and O–H groups in total. The average molecular weight is 559 g/mol. The van der Waals surface area contributed by atoms with Crippen LogP contribution >= 0.6 is 7.60 Å². The Morgan fingerprint density at radius 2 is 1.85 bits per heavy atom. The number of nitrogens with zero attached hydrogens (tertiary/aromatic N) is 3. The molecule has 206 valence electrons. The smallest absolute Gasteiger partial charge is 0.356 e. The van der Waals surface area contributed by atoms with E-state index in [0.29, 0.717) is 0 Å². The van der Waals surface area contributed by atoms with Crippen molar-refractivity contribution in [3.63, 3.8) is 0 Å². The van der Waals surface area contributed by atoms with Crippen molar-refractivity contribution >= 4 is 30.7 Å². The number of aromatic amines is 1. The van der Waals surface area contributed by atoms with Crippen LogP contribution in [0.25, 0.3) is 11.2 Å². The third-order valence-electron chi connectivity index (χ3n) is 5.41. The number of esters is 1. The lowest BCUT2D eigenvalue weighted by atomic mass is 10.2. The van der Waals surface area contributed by atoms with Gasteiger partial charge in [0, 0.05) is 6.54 Å². The first-order chi connectivity index (χ1) is 18.7. The standard InChI is InChI=1S/C25H27FN5O7P/c1-17-2-4-18(5-3-17)14-37-39(34,36-12-10-21(32)38-20-8-6-19(26)7-9-20)16-35-13-11-31-15-28-22-23(31)29-25(27)30-24(22)33/h2-9,15H,10-14,16H2,1H3,(H3,27,29,30,33). The molecule has 0 bridgehead atoms. The molecule has 2 aromatic heterocycles. The summed E-state index contributed by atoms with van der Waals surface area (Å²) in [6, 6.07) is 12.4. The predicted octanol–water partition coefficient (Wildman–Crippen LogP) is 3.55. The maximum Gasteiger partial charge on any atom is 0.356 e. The second-order valence-corrected chi connectivity index (χ2v) is 10.5. The second kappa shape index (κ2) is 12.8. The highest BCUT2D eigenvalue weighted by atomic mass is 31.2. The van der Waals surface area contributed by atoms with E-state index in [4.69, 9.17) is 24.3 Å². The van der Waals surface area contributed by atoms with Crippen LogP contribution in [0.5, 0.6) is 5.75 Å². The number of imidazole rings is 1. The molecule has 4 aromatic rings. The van der Waals surface area contributed by atoms with Crippen LogP contribution in [0.4, 0.5) is 10.3 Å². The lowest BCUT2D eigenvalue weighted by Crippen LogP contribution is -2.14. The van der Waals surface area contributed by atoms with Gasteiger partial charge in [-0.15, -0.1) is 0 Å². The van der Waals surface area contributed by atoms with Gasteiger partial charge < -0.3 is 28.8 Å². The molecule has 0 aliphatic carbocycles. The van der Waals surface area contributed by atoms with Gasteiger partial charge in [0.15, 0.2) is 11.2 Å². The molecule has 14 heteroatoms. The van der Waals surface area contributed by atoms with Crippen LogP contribution in [0.15, 0.2) is 59.7 Å². The number of carbonyl (C=O) groups excluding carboxylic acids is 1. The van der Waals surface area contributed by atoms with Gasteiger partial charge in [-0.2, -0.15) is 4.98 Å². The summed E-state index contributed by atoms with van der Waals surface area (Å²) in [5.74, 6) is -0.981. The quantitative estimate of drug-likeness (QED) is 0.107. The molecular formula is C25H27FN5O7P. The molecule has 1 atom stereocenters. The fraction of sp³-hybridized carbons (Fsp3) is 0.280. The van der Waals surface area contributed by atoms with E-state index in [9.17, 15) is 18.5 Å². The number of ether oxygens (including phenoxy) is 2. The number of H-pyrrole nitrogens is 1. The van der Waals surface area contributed by atoms with Gasteiger partial charge in [0.2, 0.25) is 5.95 Å². The molecule has 39 heavy (non-hydrogen) atoms. The summed E-state index contributed by atoms with van der Waals surface area (Å²) in [5.41, 5.74) is 7.41. The zero-order chi connectivity index (χ0) is 27.8. The van der Waals surface area contributed by atoms with Gasteiger partial charge in [0.1, 0.15) is 17.9 Å². The van der Waals surface area contributed by atoms with E-state index in [-0.39, 0.29) is 55.6 Å². The lowest BCUT2D eigenvalue weighted by Gasteiger charge is -2.19. The zero-order valence-corrected chi connectivity index (χ0v) is 21.9. The number of hydrogen-bond acceptors (Lipinski definition) is 10. The first-order valence-corrected chi connectivity index (χ1v) is 13.6. The van der Waals surface area contributed by atoms with Gasteiger partial charge in [-0.25, -0.2) is 9.37 Å². The number of aromatic nitrogens is 4. The molecule has 1 unspecified atom stereocenters. The van der Waals surface area contributed by atoms with E-state index in [1.807, 2.05) is 31.2 Å². The first-order valence-electron chi connectivity index (χ1n) is 11.9. The summed E-state index contributed by atoms with van der Waals surface area (Å²) in [5, 5.41) is 0. The Hall–Kier alpha value is -3.90. The van der Waals surface area contributed by atoms with E-state index in [1.165, 1.54) is 30.6 Å². The summed E-state index contributed by atoms with van der Waals surface area (Å²) in [7, 11) is -3.81. The average Bonchev–Trinajstić information content (AvgIpc) is 3.31. The molecule has 0 amide bonds. The molecule has 0 aliphatic heterocycles. The van der Waals surface area contributed by atoms with E-state index >= 15 is 0 Å². The third kappa shape index (κ3) is 8.04. The SMILES string of the molecule is Cc1ccc(COP(=O)(COCCn2cnc3c(=O)[nH]c(N)nc32)OCCC(=O)Oc2ccc(F)cc2)cc1. The van der Waals surface area contributed by atoms with Crippen LogP contribution in [0.1, 0.15) is 17.5 Å². The van der Waals surface area contributed by atoms with Crippen LogP contribution < -0.4 is 16.0 Å². The van der Waals surface area contributed by atoms with Gasteiger partial charge in [-0.05, 0) is 36.8 Å². The van der Waals surface area contributed by atoms with Crippen molar-refractivity contribution in [2.75, 3.05) is 25.3 Å². The Labute approximate surface area is 222 Å². The highest BCUT2D eigenvalue weighted by Crippen LogP contribution is 2.49. The Morgan fingerprint density at radius 1 is 1.10 bits per heavy atom. The lowest BCUT2D eigenvalue weighted by molar-refractivity contribution is -0.134. The zero-order valence-electron chi connectivity index (χ0n) is 21.0. The van der Waals surface area contributed by atoms with Gasteiger partial charge >= 0.3 is 13.6 Å². The van der Waals surface area contributed by atoms with Crippen molar-refractivity contribution in [2.45, 2.75) is 26.5 Å². The normalized spacial score (nSPS) is 12.9. The number of nitrogens with two attached hydrogens (primary N) is 1. The minimum atomic E-state index is -3.81. The molecule has 2 aromatic carbocycles. The van der Waals surface area contributed by atoms with Crippen LogP contribution in [-0.2, 0) is 36.3 Å². The van der Waals surface area contributed by atoms with Gasteiger partial charge in [-0.3, -0.25) is 19.1 Å². The number of anilines is 1. The molecule has 12 nitrogen and oxygen atoms in total. The number of benzene rings is 2. The molecule has 0 saturated heterocycles. The van der Waals surface area contributed by atoms with E-state index < -0.39 is 31.3 Å². The minimum Gasteiger partial charge on any atom is -0.426 e. The summed E-state index contributed by atoms with van der Waals surface area (Å²) in [4.78, 5) is 34.6. The fourth-order valence-electron chi connectivity index (χ4n) is 3.40. The van der Waals surface area contributed by atoms with Crippen LogP contribution in [0, 0.1) is 12.7 Å². The summed E-state index contributed by atoms with van der Waals surface area (Å²) in [6.07, 6.45) is 0.805. The van der Waals surface area contributed by atoms with E-state index in [2.05, 4.69) is 15.0 Å². The largest absolute Gasteiger partial charge is 0.426 e. The topological polar surface area (TPSA) is 161 Å². The number of hydrogen-bond donors (Lipinski definition) is 2. The number of aryl methyl sites for hydroxylation is 1. The summed E-state index contributed by atoms with van der Waals surface area (Å²) < 4.78 is 49.9. The highest BCUT2D eigenvalue weighted by molar-refractivity contribution is 7.53. The molecule has 0 fully saturated rings.